The number of para-hydroxylation sites is 1. The van der Waals surface area contributed by atoms with Crippen LogP contribution in [0.4, 0.5) is 18.9 Å². The van der Waals surface area contributed by atoms with Gasteiger partial charge < -0.3 is 5.32 Å². The molecule has 0 aliphatic rings. The molecule has 9 heteroatoms. The van der Waals surface area contributed by atoms with E-state index in [-0.39, 0.29) is 34.6 Å². The number of hydrogen-bond donors (Lipinski definition) is 2. The third-order valence-corrected chi connectivity index (χ3v) is 3.58. The molecule has 0 amide bonds. The summed E-state index contributed by atoms with van der Waals surface area (Å²) < 4.78 is 58.0. The number of nitrogens with one attached hydrogen (secondary N) is 1. The van der Waals surface area contributed by atoms with Gasteiger partial charge in [0.1, 0.15) is 4.90 Å². The Balaban J connectivity index is 2.64. The minimum atomic E-state index is -4.29. The summed E-state index contributed by atoms with van der Waals surface area (Å²) in [5.41, 5.74) is -4.09. The highest BCUT2D eigenvalue weighted by Gasteiger charge is 2.27. The first-order valence-electron chi connectivity index (χ1n) is 4.76. The highest BCUT2D eigenvalue weighted by molar-refractivity contribution is 8.00. The summed E-state index contributed by atoms with van der Waals surface area (Å²) in [5.74, 6) is -0.220. The van der Waals surface area contributed by atoms with E-state index >= 15 is 0 Å². The van der Waals surface area contributed by atoms with E-state index in [1.807, 2.05) is 0 Å². The number of alkyl halides is 3. The molecule has 3 N–H and O–H groups in total. The van der Waals surface area contributed by atoms with Gasteiger partial charge >= 0.3 is 5.51 Å². The molecule has 0 saturated carbocycles. The molecule has 0 fully saturated rings. The van der Waals surface area contributed by atoms with Crippen LogP contribution in [0, 0.1) is 0 Å². The number of primary sulfonamides is 1. The van der Waals surface area contributed by atoms with Gasteiger partial charge in [0.05, 0.1) is 5.69 Å². The molecular formula is C9H11F3N2O2S2. The fraction of sp³-hybridized carbons (Fsp3) is 0.333. The zero-order valence-electron chi connectivity index (χ0n) is 9.07. The Morgan fingerprint density at radius 3 is 2.44 bits per heavy atom. The second-order valence-corrected chi connectivity index (χ2v) is 5.95. The Kier molecular flexibility index (Phi) is 4.88. The minimum Gasteiger partial charge on any atom is -0.383 e. The molecule has 0 aliphatic heterocycles. The Hall–Kier alpha value is -0.930. The van der Waals surface area contributed by atoms with E-state index in [1.165, 1.54) is 18.2 Å². The van der Waals surface area contributed by atoms with Gasteiger partial charge in [-0.15, -0.1) is 0 Å². The molecule has 0 saturated heterocycles. The average molecular weight is 300 g/mol. The normalized spacial score (nSPS) is 12.4. The van der Waals surface area contributed by atoms with Crippen molar-refractivity contribution in [1.29, 1.82) is 0 Å². The quantitative estimate of drug-likeness (QED) is 0.816. The summed E-state index contributed by atoms with van der Waals surface area (Å²) in [6.07, 6.45) is 0. The molecule has 0 heterocycles. The molecule has 18 heavy (non-hydrogen) atoms. The molecule has 1 aromatic rings. The Morgan fingerprint density at radius 1 is 1.28 bits per heavy atom. The van der Waals surface area contributed by atoms with Crippen molar-refractivity contribution in [3.8, 4) is 0 Å². The number of rotatable bonds is 5. The first kappa shape index (κ1) is 15.1. The molecule has 0 bridgehead atoms. The number of halogens is 3. The number of anilines is 1. The highest BCUT2D eigenvalue weighted by Crippen LogP contribution is 2.29. The van der Waals surface area contributed by atoms with Gasteiger partial charge in [-0.05, 0) is 23.9 Å². The van der Waals surface area contributed by atoms with E-state index in [1.54, 1.807) is 6.07 Å². The van der Waals surface area contributed by atoms with E-state index in [4.69, 9.17) is 5.14 Å². The van der Waals surface area contributed by atoms with Gasteiger partial charge in [-0.1, -0.05) is 12.1 Å². The fourth-order valence-electron chi connectivity index (χ4n) is 1.21. The molecule has 0 aliphatic carbocycles. The molecule has 0 aromatic heterocycles. The molecule has 0 spiro atoms. The van der Waals surface area contributed by atoms with Crippen molar-refractivity contribution < 1.29 is 21.6 Å². The second-order valence-electron chi connectivity index (χ2n) is 3.26. The van der Waals surface area contributed by atoms with Gasteiger partial charge in [-0.3, -0.25) is 0 Å². The summed E-state index contributed by atoms with van der Waals surface area (Å²) in [4.78, 5) is -0.137. The van der Waals surface area contributed by atoms with Crippen molar-refractivity contribution in [2.75, 3.05) is 17.6 Å². The molecule has 0 unspecified atom stereocenters. The van der Waals surface area contributed by atoms with Crippen molar-refractivity contribution in [3.05, 3.63) is 24.3 Å². The predicted molar refractivity (Wildman–Crippen MR) is 64.8 cm³/mol. The standard InChI is InChI=1S/C9H11F3N2O2S2/c10-9(11,12)17-6-5-14-7-3-1-2-4-8(7)18(13,15)16/h1-4,14H,5-6H2,(H2,13,15,16). The van der Waals surface area contributed by atoms with Gasteiger partial charge in [0.2, 0.25) is 10.0 Å². The van der Waals surface area contributed by atoms with E-state index in [0.717, 1.165) is 0 Å². The highest BCUT2D eigenvalue weighted by atomic mass is 32.2. The lowest BCUT2D eigenvalue weighted by Crippen LogP contribution is -2.16. The average Bonchev–Trinajstić information content (AvgIpc) is 2.22. The summed E-state index contributed by atoms with van der Waals surface area (Å²) in [6.45, 7) is -0.0172. The first-order valence-corrected chi connectivity index (χ1v) is 7.30. The van der Waals surface area contributed by atoms with Crippen LogP contribution in [0.15, 0.2) is 29.2 Å². The predicted octanol–water partition coefficient (Wildman–Crippen LogP) is 2.00. The molecule has 0 atom stereocenters. The van der Waals surface area contributed by atoms with Crippen LogP contribution in [0.1, 0.15) is 0 Å². The van der Waals surface area contributed by atoms with Crippen molar-refractivity contribution in [2.45, 2.75) is 10.4 Å². The van der Waals surface area contributed by atoms with Gasteiger partial charge in [0, 0.05) is 12.3 Å². The van der Waals surface area contributed by atoms with E-state index in [9.17, 15) is 21.6 Å². The molecule has 1 aromatic carbocycles. The lowest BCUT2D eigenvalue weighted by molar-refractivity contribution is -0.0327. The molecule has 4 nitrogen and oxygen atoms in total. The summed E-state index contributed by atoms with van der Waals surface area (Å²) >= 11 is -0.177. The van der Waals surface area contributed by atoms with Crippen LogP contribution in [-0.2, 0) is 10.0 Å². The summed E-state index contributed by atoms with van der Waals surface area (Å²) in [6, 6.07) is 5.77. The van der Waals surface area contributed by atoms with E-state index in [2.05, 4.69) is 5.32 Å². The number of sulfonamides is 1. The first-order chi connectivity index (χ1) is 8.20. The van der Waals surface area contributed by atoms with Crippen molar-refractivity contribution in [3.63, 3.8) is 0 Å². The second kappa shape index (κ2) is 5.81. The minimum absolute atomic E-state index is 0.0172. The third-order valence-electron chi connectivity index (χ3n) is 1.88. The maximum atomic E-state index is 11.9. The SMILES string of the molecule is NS(=O)(=O)c1ccccc1NCCSC(F)(F)F. The maximum Gasteiger partial charge on any atom is 0.441 e. The summed E-state index contributed by atoms with van der Waals surface area (Å²) in [7, 11) is -3.89. The van der Waals surface area contributed by atoms with Gasteiger partial charge in [-0.25, -0.2) is 13.6 Å². The monoisotopic (exact) mass is 300 g/mol. The van der Waals surface area contributed by atoms with Crippen molar-refractivity contribution in [2.24, 2.45) is 5.14 Å². The number of hydrogen-bond acceptors (Lipinski definition) is 4. The smallest absolute Gasteiger partial charge is 0.383 e. The van der Waals surface area contributed by atoms with Crippen LogP contribution in [0.25, 0.3) is 0 Å². The largest absolute Gasteiger partial charge is 0.441 e. The maximum absolute atomic E-state index is 11.9. The number of nitrogens with two attached hydrogens (primary N) is 1. The molecule has 1 rings (SSSR count). The molecule has 0 radical (unpaired) electrons. The topological polar surface area (TPSA) is 72.2 Å². The van der Waals surface area contributed by atoms with Crippen LogP contribution in [0.5, 0.6) is 0 Å². The summed E-state index contributed by atoms with van der Waals surface area (Å²) in [5, 5.41) is 7.59. The van der Waals surface area contributed by atoms with Crippen LogP contribution in [-0.4, -0.2) is 26.2 Å². The van der Waals surface area contributed by atoms with E-state index < -0.39 is 15.5 Å². The molecule has 102 valence electrons. The van der Waals surface area contributed by atoms with Crippen LogP contribution in [0.3, 0.4) is 0 Å². The van der Waals surface area contributed by atoms with Crippen LogP contribution in [0.2, 0.25) is 0 Å². The van der Waals surface area contributed by atoms with Crippen molar-refractivity contribution >= 4 is 27.5 Å². The number of thioether (sulfide) groups is 1. The fourth-order valence-corrected chi connectivity index (χ4v) is 2.36. The lowest BCUT2D eigenvalue weighted by Gasteiger charge is -2.11. The van der Waals surface area contributed by atoms with Crippen molar-refractivity contribution in [1.82, 2.24) is 0 Å². The van der Waals surface area contributed by atoms with Gasteiger partial charge in [0.15, 0.2) is 0 Å². The Bertz CT molecular complexity index is 503. The molecular weight excluding hydrogens is 289 g/mol. The van der Waals surface area contributed by atoms with Crippen LogP contribution < -0.4 is 10.5 Å². The van der Waals surface area contributed by atoms with Gasteiger partial charge in [0.25, 0.3) is 0 Å². The zero-order valence-corrected chi connectivity index (χ0v) is 10.7. The number of benzene rings is 1. The Morgan fingerprint density at radius 2 is 1.89 bits per heavy atom. The lowest BCUT2D eigenvalue weighted by atomic mass is 10.3. The Labute approximate surface area is 107 Å². The van der Waals surface area contributed by atoms with E-state index in [0.29, 0.717) is 0 Å². The zero-order chi connectivity index (χ0) is 13.8. The third kappa shape index (κ3) is 5.15. The van der Waals surface area contributed by atoms with Gasteiger partial charge in [-0.2, -0.15) is 13.2 Å². The van der Waals surface area contributed by atoms with Crippen LogP contribution >= 0.6 is 11.8 Å².